The van der Waals surface area contributed by atoms with E-state index in [1.54, 1.807) is 29.2 Å². The molecule has 1 saturated heterocycles. The highest BCUT2D eigenvalue weighted by molar-refractivity contribution is 5.87. The predicted octanol–water partition coefficient (Wildman–Crippen LogP) is 1.61. The molecule has 4 rings (SSSR count). The lowest BCUT2D eigenvalue weighted by Gasteiger charge is -2.26. The first-order valence-corrected chi connectivity index (χ1v) is 8.97. The molecule has 0 unspecified atom stereocenters. The van der Waals surface area contributed by atoms with E-state index in [2.05, 4.69) is 10.1 Å². The molecule has 2 atom stereocenters. The van der Waals surface area contributed by atoms with E-state index in [4.69, 9.17) is 5.73 Å². The third-order valence-corrected chi connectivity index (χ3v) is 4.86. The molecule has 2 amide bonds. The summed E-state index contributed by atoms with van der Waals surface area (Å²) >= 11 is 0. The average Bonchev–Trinajstić information content (AvgIpc) is 3.29. The summed E-state index contributed by atoms with van der Waals surface area (Å²) in [7, 11) is 0. The first-order chi connectivity index (χ1) is 14.0. The van der Waals surface area contributed by atoms with Gasteiger partial charge < -0.3 is 10.6 Å². The SMILES string of the molecule is NC(=O)CN(C=O)c1cnc2ccc(N3C[C@@H](F)C[C@@H]3c3cccc(F)c3)nn12. The number of hydrogen-bond donors (Lipinski definition) is 1. The number of anilines is 2. The van der Waals surface area contributed by atoms with Gasteiger partial charge in [-0.15, -0.1) is 5.10 Å². The van der Waals surface area contributed by atoms with Crippen molar-refractivity contribution in [3.63, 3.8) is 0 Å². The molecule has 0 radical (unpaired) electrons. The monoisotopic (exact) mass is 400 g/mol. The molecular weight excluding hydrogens is 382 g/mol. The van der Waals surface area contributed by atoms with Gasteiger partial charge in [-0.05, 0) is 29.8 Å². The van der Waals surface area contributed by atoms with E-state index in [1.807, 2.05) is 0 Å². The molecule has 1 aliphatic heterocycles. The maximum atomic E-state index is 14.3. The highest BCUT2D eigenvalue weighted by atomic mass is 19.1. The van der Waals surface area contributed by atoms with Crippen LogP contribution < -0.4 is 15.5 Å². The summed E-state index contributed by atoms with van der Waals surface area (Å²) in [6, 6.07) is 9.04. The van der Waals surface area contributed by atoms with Crippen molar-refractivity contribution in [2.45, 2.75) is 18.6 Å². The fraction of sp³-hybridized carbons (Fsp3) is 0.263. The van der Waals surface area contributed by atoms with E-state index >= 15 is 0 Å². The number of fused-ring (bicyclic) bond motifs is 1. The zero-order valence-corrected chi connectivity index (χ0v) is 15.3. The molecule has 10 heteroatoms. The smallest absolute Gasteiger partial charge is 0.237 e. The van der Waals surface area contributed by atoms with Crippen molar-refractivity contribution >= 4 is 29.6 Å². The Hall–Kier alpha value is -3.56. The van der Waals surface area contributed by atoms with Crippen molar-refractivity contribution in [1.82, 2.24) is 14.6 Å². The number of carbonyl (C=O) groups is 2. The maximum Gasteiger partial charge on any atom is 0.237 e. The van der Waals surface area contributed by atoms with Gasteiger partial charge in [0.25, 0.3) is 0 Å². The minimum absolute atomic E-state index is 0.0996. The number of nitrogens with zero attached hydrogens (tertiary/aromatic N) is 5. The third kappa shape index (κ3) is 3.60. The summed E-state index contributed by atoms with van der Waals surface area (Å²) in [6.07, 6.45) is 0.979. The molecule has 0 aliphatic carbocycles. The van der Waals surface area contributed by atoms with Gasteiger partial charge in [0.2, 0.25) is 12.3 Å². The Morgan fingerprint density at radius 3 is 2.90 bits per heavy atom. The Labute approximate surface area is 164 Å². The van der Waals surface area contributed by atoms with E-state index in [0.29, 0.717) is 23.4 Å². The molecule has 29 heavy (non-hydrogen) atoms. The minimum Gasteiger partial charge on any atom is -0.368 e. The number of amides is 2. The average molecular weight is 400 g/mol. The van der Waals surface area contributed by atoms with Crippen LogP contribution in [0.5, 0.6) is 0 Å². The molecule has 1 aliphatic rings. The summed E-state index contributed by atoms with van der Waals surface area (Å²) in [6.45, 7) is -0.228. The van der Waals surface area contributed by atoms with Gasteiger partial charge in [-0.25, -0.2) is 13.8 Å². The summed E-state index contributed by atoms with van der Waals surface area (Å²) in [5.74, 6) is -0.377. The first kappa shape index (κ1) is 18.8. The second kappa shape index (κ2) is 7.46. The van der Waals surface area contributed by atoms with Crippen molar-refractivity contribution in [2.75, 3.05) is 22.9 Å². The topological polar surface area (TPSA) is 96.8 Å². The van der Waals surface area contributed by atoms with Gasteiger partial charge in [-0.3, -0.25) is 14.5 Å². The number of rotatable bonds is 6. The summed E-state index contributed by atoms with van der Waals surface area (Å²) in [4.78, 5) is 29.6. The van der Waals surface area contributed by atoms with Crippen molar-refractivity contribution < 1.29 is 18.4 Å². The Morgan fingerprint density at radius 2 is 2.17 bits per heavy atom. The molecule has 2 N–H and O–H groups in total. The number of halogens is 2. The van der Waals surface area contributed by atoms with E-state index in [1.165, 1.54) is 22.8 Å². The second-order valence-corrected chi connectivity index (χ2v) is 6.83. The van der Waals surface area contributed by atoms with Crippen molar-refractivity contribution in [1.29, 1.82) is 0 Å². The normalized spacial score (nSPS) is 18.9. The summed E-state index contributed by atoms with van der Waals surface area (Å²) in [5.41, 5.74) is 6.29. The van der Waals surface area contributed by atoms with E-state index < -0.39 is 17.9 Å². The molecule has 8 nitrogen and oxygen atoms in total. The Kier molecular flexibility index (Phi) is 4.83. The Balaban J connectivity index is 1.74. The lowest BCUT2D eigenvalue weighted by molar-refractivity contribution is -0.118. The van der Waals surface area contributed by atoms with Gasteiger partial charge in [-0.1, -0.05) is 12.1 Å². The number of carbonyl (C=O) groups excluding carboxylic acids is 2. The van der Waals surface area contributed by atoms with Crippen LogP contribution in [0, 0.1) is 5.82 Å². The summed E-state index contributed by atoms with van der Waals surface area (Å²) in [5, 5.41) is 4.49. The fourth-order valence-corrected chi connectivity index (χ4v) is 3.61. The van der Waals surface area contributed by atoms with Gasteiger partial charge in [0.05, 0.1) is 18.8 Å². The molecule has 0 saturated carbocycles. The number of primary amides is 1. The Morgan fingerprint density at radius 1 is 1.34 bits per heavy atom. The molecule has 0 spiro atoms. The van der Waals surface area contributed by atoms with Crippen molar-refractivity contribution in [3.8, 4) is 0 Å². The molecule has 1 fully saturated rings. The van der Waals surface area contributed by atoms with Crippen LogP contribution >= 0.6 is 0 Å². The van der Waals surface area contributed by atoms with Gasteiger partial charge in [-0.2, -0.15) is 4.52 Å². The molecule has 150 valence electrons. The standard InChI is InChI=1S/C19H18F2N6O2/c20-13-3-1-2-12(6-13)15-7-14(21)9-26(15)18-5-4-17-23-8-19(27(17)24-18)25(11-28)10-16(22)29/h1-6,8,11,14-15H,7,9-10H2,(H2,22,29)/t14-,15+/m0/s1. The quantitative estimate of drug-likeness (QED) is 0.634. The van der Waals surface area contributed by atoms with Crippen LogP contribution in [0.3, 0.4) is 0 Å². The zero-order valence-electron chi connectivity index (χ0n) is 15.3. The fourth-order valence-electron chi connectivity index (χ4n) is 3.61. The van der Waals surface area contributed by atoms with Crippen molar-refractivity contribution in [2.24, 2.45) is 5.73 Å². The molecule has 3 heterocycles. The summed E-state index contributed by atoms with van der Waals surface area (Å²) < 4.78 is 29.3. The van der Waals surface area contributed by atoms with Crippen LogP contribution in [0.2, 0.25) is 0 Å². The molecule has 3 aromatic rings. The number of hydrogen-bond acceptors (Lipinski definition) is 5. The molecule has 0 bridgehead atoms. The second-order valence-electron chi connectivity index (χ2n) is 6.83. The lowest BCUT2D eigenvalue weighted by atomic mass is 10.0. The number of aromatic nitrogens is 3. The minimum atomic E-state index is -1.09. The number of imidazole rings is 1. The van der Waals surface area contributed by atoms with Crippen LogP contribution in [0.4, 0.5) is 20.4 Å². The van der Waals surface area contributed by atoms with Gasteiger partial charge in [0.1, 0.15) is 24.4 Å². The molecule has 2 aromatic heterocycles. The highest BCUT2D eigenvalue weighted by Gasteiger charge is 2.34. The van der Waals surface area contributed by atoms with E-state index in [0.717, 1.165) is 4.90 Å². The van der Waals surface area contributed by atoms with Crippen molar-refractivity contribution in [3.05, 3.63) is 54.0 Å². The largest absolute Gasteiger partial charge is 0.368 e. The Bertz CT molecular complexity index is 1070. The molecule has 1 aromatic carbocycles. The first-order valence-electron chi connectivity index (χ1n) is 8.97. The lowest BCUT2D eigenvalue weighted by Crippen LogP contribution is -2.33. The van der Waals surface area contributed by atoms with Crippen LogP contribution in [-0.4, -0.2) is 46.2 Å². The van der Waals surface area contributed by atoms with Gasteiger partial charge >= 0.3 is 0 Å². The highest BCUT2D eigenvalue weighted by Crippen LogP contribution is 2.37. The molecular formula is C19H18F2N6O2. The third-order valence-electron chi connectivity index (χ3n) is 4.86. The van der Waals surface area contributed by atoms with Gasteiger partial charge in [0.15, 0.2) is 11.5 Å². The van der Waals surface area contributed by atoms with Crippen LogP contribution in [0.1, 0.15) is 18.0 Å². The number of alkyl halides is 1. The number of nitrogens with two attached hydrogens (primary N) is 1. The number of benzene rings is 1. The van der Waals surface area contributed by atoms with Gasteiger partial charge in [0, 0.05) is 6.42 Å². The van der Waals surface area contributed by atoms with E-state index in [9.17, 15) is 18.4 Å². The maximum absolute atomic E-state index is 14.3. The predicted molar refractivity (Wildman–Crippen MR) is 102 cm³/mol. The zero-order chi connectivity index (χ0) is 20.5. The van der Waals surface area contributed by atoms with Crippen LogP contribution in [0.15, 0.2) is 42.6 Å². The van der Waals surface area contributed by atoms with E-state index in [-0.39, 0.29) is 31.4 Å². The van der Waals surface area contributed by atoms with Crippen LogP contribution in [0.25, 0.3) is 5.65 Å². The van der Waals surface area contributed by atoms with Crippen LogP contribution in [-0.2, 0) is 9.59 Å².